The van der Waals surface area contributed by atoms with E-state index in [4.69, 9.17) is 5.73 Å². The van der Waals surface area contributed by atoms with Crippen LogP contribution in [0.2, 0.25) is 0 Å². The third-order valence-corrected chi connectivity index (χ3v) is 3.59. The van der Waals surface area contributed by atoms with E-state index in [1.165, 1.54) is 32.1 Å². The predicted octanol–water partition coefficient (Wildman–Crippen LogP) is 3.35. The zero-order valence-corrected chi connectivity index (χ0v) is 10.3. The van der Waals surface area contributed by atoms with Gasteiger partial charge < -0.3 is 5.73 Å². The molecule has 17 heavy (non-hydrogen) atoms. The zero-order chi connectivity index (χ0) is 12.1. The van der Waals surface area contributed by atoms with Gasteiger partial charge >= 0.3 is 0 Å². The molecule has 0 aliphatic heterocycles. The molecule has 2 N–H and O–H groups in total. The van der Waals surface area contributed by atoms with Crippen LogP contribution in [0.15, 0.2) is 24.3 Å². The van der Waals surface area contributed by atoms with Gasteiger partial charge in [0.05, 0.1) is 0 Å². The molecule has 0 amide bonds. The minimum Gasteiger partial charge on any atom is -0.399 e. The molecule has 0 bridgehead atoms. The summed E-state index contributed by atoms with van der Waals surface area (Å²) in [7, 11) is 0. The lowest BCUT2D eigenvalue weighted by molar-refractivity contribution is -0.119. The molecule has 0 radical (unpaired) electrons. The predicted molar refractivity (Wildman–Crippen MR) is 70.8 cm³/mol. The topological polar surface area (TPSA) is 43.1 Å². The Kier molecular flexibility index (Phi) is 4.18. The Hall–Kier alpha value is -1.31. The molecule has 92 valence electrons. The fourth-order valence-corrected chi connectivity index (χ4v) is 2.72. The molecule has 1 aliphatic rings. The first-order valence-electron chi connectivity index (χ1n) is 6.60. The monoisotopic (exact) mass is 231 g/mol. The standard InChI is InChI=1S/C15H21NO/c16-14-8-4-7-13(9-14)11-15(17)10-12-5-2-1-3-6-12/h4,7-9,12H,1-3,5-6,10-11,16H2. The van der Waals surface area contributed by atoms with Crippen molar-refractivity contribution in [3.05, 3.63) is 29.8 Å². The molecule has 0 atom stereocenters. The third kappa shape index (κ3) is 3.88. The van der Waals surface area contributed by atoms with Gasteiger partial charge in [0.15, 0.2) is 0 Å². The second-order valence-corrected chi connectivity index (χ2v) is 5.17. The number of anilines is 1. The summed E-state index contributed by atoms with van der Waals surface area (Å²) < 4.78 is 0. The van der Waals surface area contributed by atoms with Crippen molar-refractivity contribution in [2.75, 3.05) is 5.73 Å². The molecule has 2 rings (SSSR count). The molecule has 0 aromatic heterocycles. The molecular weight excluding hydrogens is 210 g/mol. The lowest BCUT2D eigenvalue weighted by Gasteiger charge is -2.20. The molecule has 1 aromatic rings. The molecule has 1 aromatic carbocycles. The number of ketones is 1. The number of Topliss-reactive ketones (excluding diaryl/α,β-unsaturated/α-hetero) is 1. The Balaban J connectivity index is 1.84. The highest BCUT2D eigenvalue weighted by Crippen LogP contribution is 2.26. The van der Waals surface area contributed by atoms with Crippen molar-refractivity contribution in [1.82, 2.24) is 0 Å². The Morgan fingerprint density at radius 3 is 2.71 bits per heavy atom. The van der Waals surface area contributed by atoms with Gasteiger partial charge in [-0.1, -0.05) is 44.2 Å². The molecule has 2 nitrogen and oxygen atoms in total. The molecular formula is C15H21NO. The summed E-state index contributed by atoms with van der Waals surface area (Å²) in [5.74, 6) is 1.000. The van der Waals surface area contributed by atoms with Crippen molar-refractivity contribution in [2.45, 2.75) is 44.9 Å². The third-order valence-electron chi connectivity index (χ3n) is 3.59. The summed E-state index contributed by atoms with van der Waals surface area (Å²) in [5, 5.41) is 0. The molecule has 2 heteroatoms. The summed E-state index contributed by atoms with van der Waals surface area (Å²) in [6.07, 6.45) is 7.73. The van der Waals surface area contributed by atoms with E-state index in [0.29, 0.717) is 18.1 Å². The number of rotatable bonds is 4. The molecule has 0 spiro atoms. The van der Waals surface area contributed by atoms with Crippen LogP contribution < -0.4 is 5.73 Å². The van der Waals surface area contributed by atoms with E-state index < -0.39 is 0 Å². The maximum absolute atomic E-state index is 12.0. The van der Waals surface area contributed by atoms with Crippen LogP contribution in [0.5, 0.6) is 0 Å². The number of benzene rings is 1. The van der Waals surface area contributed by atoms with Gasteiger partial charge in [-0.15, -0.1) is 0 Å². The molecule has 1 fully saturated rings. The Labute approximate surface area is 103 Å². The second kappa shape index (κ2) is 5.85. The van der Waals surface area contributed by atoms with E-state index in [2.05, 4.69) is 0 Å². The largest absolute Gasteiger partial charge is 0.399 e. The number of carbonyl (C=O) groups excluding carboxylic acids is 1. The van der Waals surface area contributed by atoms with Crippen LogP contribution in [0, 0.1) is 5.92 Å². The van der Waals surface area contributed by atoms with E-state index in [1.807, 2.05) is 24.3 Å². The van der Waals surface area contributed by atoms with Crippen LogP contribution >= 0.6 is 0 Å². The SMILES string of the molecule is Nc1cccc(CC(=O)CC2CCCCC2)c1. The maximum Gasteiger partial charge on any atom is 0.137 e. The van der Waals surface area contributed by atoms with Gasteiger partial charge in [0.1, 0.15) is 5.78 Å². The Bertz CT molecular complexity index is 380. The van der Waals surface area contributed by atoms with Gasteiger partial charge in [-0.3, -0.25) is 4.79 Å². The van der Waals surface area contributed by atoms with Gasteiger partial charge in [0.25, 0.3) is 0 Å². The number of hydrogen-bond acceptors (Lipinski definition) is 2. The number of nitrogens with two attached hydrogens (primary N) is 1. The van der Waals surface area contributed by atoms with E-state index in [0.717, 1.165) is 17.7 Å². The molecule has 0 unspecified atom stereocenters. The fraction of sp³-hybridized carbons (Fsp3) is 0.533. The van der Waals surface area contributed by atoms with E-state index in [9.17, 15) is 4.79 Å². The van der Waals surface area contributed by atoms with Gasteiger partial charge in [-0.2, -0.15) is 0 Å². The van der Waals surface area contributed by atoms with Crippen LogP contribution in [-0.2, 0) is 11.2 Å². The lowest BCUT2D eigenvalue weighted by atomic mass is 9.85. The highest BCUT2D eigenvalue weighted by Gasteiger charge is 2.17. The fourth-order valence-electron chi connectivity index (χ4n) is 2.72. The van der Waals surface area contributed by atoms with Crippen LogP contribution in [-0.4, -0.2) is 5.78 Å². The highest BCUT2D eigenvalue weighted by molar-refractivity contribution is 5.81. The average Bonchev–Trinajstić information content (AvgIpc) is 2.30. The summed E-state index contributed by atoms with van der Waals surface area (Å²) in [5.41, 5.74) is 7.50. The first kappa shape index (κ1) is 12.2. The van der Waals surface area contributed by atoms with Crippen molar-refractivity contribution in [2.24, 2.45) is 5.92 Å². The van der Waals surface area contributed by atoms with Crippen molar-refractivity contribution in [3.8, 4) is 0 Å². The molecule has 0 heterocycles. The van der Waals surface area contributed by atoms with Crippen molar-refractivity contribution in [1.29, 1.82) is 0 Å². The van der Waals surface area contributed by atoms with Gasteiger partial charge in [0.2, 0.25) is 0 Å². The van der Waals surface area contributed by atoms with Crippen LogP contribution in [0.25, 0.3) is 0 Å². The number of hydrogen-bond donors (Lipinski definition) is 1. The molecule has 0 saturated heterocycles. The van der Waals surface area contributed by atoms with E-state index in [1.54, 1.807) is 0 Å². The van der Waals surface area contributed by atoms with Crippen LogP contribution in [0.1, 0.15) is 44.1 Å². The normalized spacial score (nSPS) is 16.9. The van der Waals surface area contributed by atoms with Gasteiger partial charge in [-0.05, 0) is 23.6 Å². The van der Waals surface area contributed by atoms with E-state index >= 15 is 0 Å². The average molecular weight is 231 g/mol. The minimum absolute atomic E-state index is 0.363. The Morgan fingerprint density at radius 2 is 2.00 bits per heavy atom. The number of carbonyl (C=O) groups is 1. The quantitative estimate of drug-likeness (QED) is 0.807. The zero-order valence-electron chi connectivity index (χ0n) is 10.3. The first-order valence-corrected chi connectivity index (χ1v) is 6.60. The summed E-state index contributed by atoms with van der Waals surface area (Å²) in [4.78, 5) is 12.0. The van der Waals surface area contributed by atoms with Crippen molar-refractivity contribution in [3.63, 3.8) is 0 Å². The van der Waals surface area contributed by atoms with Gasteiger partial charge in [0, 0.05) is 18.5 Å². The van der Waals surface area contributed by atoms with Crippen molar-refractivity contribution >= 4 is 11.5 Å². The van der Waals surface area contributed by atoms with Crippen LogP contribution in [0.3, 0.4) is 0 Å². The van der Waals surface area contributed by atoms with Gasteiger partial charge in [-0.25, -0.2) is 0 Å². The maximum atomic E-state index is 12.0. The number of nitrogen functional groups attached to an aromatic ring is 1. The lowest BCUT2D eigenvalue weighted by Crippen LogP contribution is -2.13. The highest BCUT2D eigenvalue weighted by atomic mass is 16.1. The Morgan fingerprint density at radius 1 is 1.24 bits per heavy atom. The molecule has 1 saturated carbocycles. The van der Waals surface area contributed by atoms with E-state index in [-0.39, 0.29) is 0 Å². The second-order valence-electron chi connectivity index (χ2n) is 5.17. The summed E-state index contributed by atoms with van der Waals surface area (Å²) in [6.45, 7) is 0. The minimum atomic E-state index is 0.363. The summed E-state index contributed by atoms with van der Waals surface area (Å²) >= 11 is 0. The van der Waals surface area contributed by atoms with Crippen LogP contribution in [0.4, 0.5) is 5.69 Å². The van der Waals surface area contributed by atoms with Crippen molar-refractivity contribution < 1.29 is 4.79 Å². The summed E-state index contributed by atoms with van der Waals surface area (Å²) in [6, 6.07) is 7.65. The molecule has 1 aliphatic carbocycles. The first-order chi connectivity index (χ1) is 8.24. The smallest absolute Gasteiger partial charge is 0.137 e.